The number of primary amides is 1. The molecule has 0 aliphatic heterocycles. The van der Waals surface area contributed by atoms with Crippen molar-refractivity contribution in [1.29, 1.82) is 0 Å². The number of aliphatic hydroxyl groups is 1. The largest absolute Gasteiger partial charge is 0.416 e. The zero-order chi connectivity index (χ0) is 35.6. The highest BCUT2D eigenvalue weighted by molar-refractivity contribution is 5.94. The third kappa shape index (κ3) is 16.6. The summed E-state index contributed by atoms with van der Waals surface area (Å²) in [6.07, 6.45) is -1.68. The van der Waals surface area contributed by atoms with Crippen LogP contribution in [0.3, 0.4) is 0 Å². The van der Waals surface area contributed by atoms with E-state index < -0.39 is 72.9 Å². The van der Waals surface area contributed by atoms with Crippen molar-refractivity contribution in [3.63, 3.8) is 0 Å². The number of alkyl halides is 3. The second-order valence-corrected chi connectivity index (χ2v) is 12.2. The number of hydrogen-bond acceptors (Lipinski definition) is 6. The van der Waals surface area contributed by atoms with Gasteiger partial charge in [0.1, 0.15) is 18.1 Å². The highest BCUT2D eigenvalue weighted by Gasteiger charge is 2.44. The molecule has 266 valence electrons. The van der Waals surface area contributed by atoms with Crippen LogP contribution in [0.1, 0.15) is 97.5 Å². The van der Waals surface area contributed by atoms with Gasteiger partial charge in [-0.25, -0.2) is 0 Å². The average Bonchev–Trinajstić information content (AvgIpc) is 3.00. The summed E-state index contributed by atoms with van der Waals surface area (Å²) >= 11 is 0. The number of rotatable bonds is 22. The third-order valence-electron chi connectivity index (χ3n) is 7.69. The van der Waals surface area contributed by atoms with Crippen molar-refractivity contribution in [2.75, 3.05) is 0 Å². The minimum absolute atomic E-state index is 0.0115. The fourth-order valence-electron chi connectivity index (χ4n) is 4.87. The number of carbonyl (C=O) groups is 5. The average molecular weight is 672 g/mol. The summed E-state index contributed by atoms with van der Waals surface area (Å²) in [6.45, 7) is 6.87. The molecule has 0 radical (unpaired) electrons. The van der Waals surface area contributed by atoms with Crippen molar-refractivity contribution in [3.05, 3.63) is 35.9 Å². The molecule has 5 amide bonds. The van der Waals surface area contributed by atoms with Crippen LogP contribution in [0.5, 0.6) is 0 Å². The Morgan fingerprint density at radius 3 is 1.94 bits per heavy atom. The second kappa shape index (κ2) is 21.2. The Kier molecular flexibility index (Phi) is 18.7. The van der Waals surface area contributed by atoms with Crippen molar-refractivity contribution < 1.29 is 42.3 Å². The van der Waals surface area contributed by atoms with Gasteiger partial charge in [0.15, 0.2) is 6.10 Å². The monoisotopic (exact) mass is 671 g/mol. The van der Waals surface area contributed by atoms with Crippen molar-refractivity contribution in [2.45, 2.75) is 135 Å². The molecule has 0 aromatic heterocycles. The first kappa shape index (κ1) is 41.3. The number of hydrogen-bond donors (Lipinski definition) is 6. The minimum Gasteiger partial charge on any atom is -0.382 e. The molecule has 0 saturated carbocycles. The Labute approximate surface area is 275 Å². The van der Waals surface area contributed by atoms with E-state index in [0.717, 1.165) is 32.1 Å². The molecule has 0 aliphatic carbocycles. The van der Waals surface area contributed by atoms with Gasteiger partial charge in [0, 0.05) is 19.3 Å². The summed E-state index contributed by atoms with van der Waals surface area (Å²) in [5, 5.41) is 19.6. The van der Waals surface area contributed by atoms with Gasteiger partial charge in [0.2, 0.25) is 29.5 Å². The highest BCUT2D eigenvalue weighted by atomic mass is 19.4. The summed E-state index contributed by atoms with van der Waals surface area (Å²) in [5.74, 6) is -4.00. The van der Waals surface area contributed by atoms with Crippen LogP contribution in [0.2, 0.25) is 0 Å². The maximum Gasteiger partial charge on any atom is 0.416 e. The Hall–Kier alpha value is -3.68. The van der Waals surface area contributed by atoms with E-state index in [-0.39, 0.29) is 24.7 Å². The molecule has 1 aromatic carbocycles. The zero-order valence-corrected chi connectivity index (χ0v) is 27.8. The number of benzene rings is 1. The summed E-state index contributed by atoms with van der Waals surface area (Å²) in [5.41, 5.74) is 5.70. The number of unbranched alkanes of at least 4 members (excludes halogenated alkanes) is 6. The van der Waals surface area contributed by atoms with E-state index in [2.05, 4.69) is 22.9 Å². The topological polar surface area (TPSA) is 180 Å². The van der Waals surface area contributed by atoms with Gasteiger partial charge >= 0.3 is 6.18 Å². The lowest BCUT2D eigenvalue weighted by Gasteiger charge is -2.28. The van der Waals surface area contributed by atoms with E-state index in [1.807, 2.05) is 5.32 Å². The van der Waals surface area contributed by atoms with Gasteiger partial charge in [0.05, 0.1) is 6.04 Å². The summed E-state index contributed by atoms with van der Waals surface area (Å²) in [6, 6.07) is 3.25. The first-order valence-corrected chi connectivity index (χ1v) is 16.3. The van der Waals surface area contributed by atoms with Crippen LogP contribution in [0.4, 0.5) is 13.2 Å². The molecule has 0 saturated heterocycles. The van der Waals surface area contributed by atoms with Gasteiger partial charge in [-0.2, -0.15) is 13.2 Å². The van der Waals surface area contributed by atoms with Crippen LogP contribution in [0, 0.1) is 5.92 Å². The van der Waals surface area contributed by atoms with E-state index in [9.17, 15) is 42.3 Å². The predicted molar refractivity (Wildman–Crippen MR) is 171 cm³/mol. The molecule has 7 N–H and O–H groups in total. The van der Waals surface area contributed by atoms with Crippen LogP contribution < -0.4 is 27.0 Å². The Balaban J connectivity index is 2.97. The molecule has 0 spiro atoms. The lowest BCUT2D eigenvalue weighted by molar-refractivity contribution is -0.212. The summed E-state index contributed by atoms with van der Waals surface area (Å²) in [4.78, 5) is 63.4. The molecule has 0 bridgehead atoms. The van der Waals surface area contributed by atoms with Gasteiger partial charge in [-0.3, -0.25) is 24.0 Å². The molecule has 1 rings (SSSR count). The maximum absolute atomic E-state index is 13.4. The first-order valence-electron chi connectivity index (χ1n) is 16.3. The molecule has 0 aliphatic rings. The number of nitrogens with one attached hydrogen (secondary N) is 4. The van der Waals surface area contributed by atoms with Crippen LogP contribution in [-0.2, 0) is 30.4 Å². The molecule has 5 atom stereocenters. The van der Waals surface area contributed by atoms with Crippen molar-refractivity contribution in [1.82, 2.24) is 21.3 Å². The van der Waals surface area contributed by atoms with Crippen LogP contribution in [0.15, 0.2) is 30.3 Å². The Morgan fingerprint density at radius 2 is 1.38 bits per heavy atom. The smallest absolute Gasteiger partial charge is 0.382 e. The molecular weight excluding hydrogens is 619 g/mol. The zero-order valence-electron chi connectivity index (χ0n) is 27.8. The summed E-state index contributed by atoms with van der Waals surface area (Å²) < 4.78 is 39.6. The normalized spacial score (nSPS) is 14.7. The van der Waals surface area contributed by atoms with E-state index in [1.54, 1.807) is 44.2 Å². The van der Waals surface area contributed by atoms with Crippen molar-refractivity contribution in [3.8, 4) is 0 Å². The molecular formula is C33H52F3N5O6. The molecule has 14 heteroatoms. The summed E-state index contributed by atoms with van der Waals surface area (Å²) in [7, 11) is 0. The Bertz CT molecular complexity index is 1140. The van der Waals surface area contributed by atoms with Gasteiger partial charge < -0.3 is 32.1 Å². The molecule has 1 aromatic rings. The van der Waals surface area contributed by atoms with Gasteiger partial charge in [-0.1, -0.05) is 89.6 Å². The highest BCUT2D eigenvalue weighted by Crippen LogP contribution is 2.24. The molecule has 47 heavy (non-hydrogen) atoms. The lowest BCUT2D eigenvalue weighted by atomic mass is 10.00. The third-order valence-corrected chi connectivity index (χ3v) is 7.69. The van der Waals surface area contributed by atoms with E-state index in [0.29, 0.717) is 12.0 Å². The molecule has 1 unspecified atom stereocenters. The molecule has 0 fully saturated rings. The molecule has 0 heterocycles. The van der Waals surface area contributed by atoms with Gasteiger partial charge in [0.25, 0.3) is 0 Å². The van der Waals surface area contributed by atoms with E-state index in [1.165, 1.54) is 13.3 Å². The van der Waals surface area contributed by atoms with Crippen molar-refractivity contribution >= 4 is 29.5 Å². The Morgan fingerprint density at radius 1 is 0.787 bits per heavy atom. The number of nitrogens with two attached hydrogens (primary N) is 1. The fourth-order valence-corrected chi connectivity index (χ4v) is 4.87. The van der Waals surface area contributed by atoms with Gasteiger partial charge in [-0.05, 0) is 31.2 Å². The SMILES string of the molecule is CCCCCCCCCC(=O)N[C@H](C(=O)N[C@@H](Cc1ccccc1)C(=O)N[C@@H](C)C(=O)N[C@@H](CCC(N)=O)C(O)C(F)(F)F)C(C)C. The standard InChI is InChI=1S/C33H52F3N5O6/c1-5-6-7-8-9-10-14-17-27(43)41-28(21(2)3)32(47)40-25(20-23-15-12-11-13-16-23)31(46)38-22(4)30(45)39-24(18-19-26(37)42)29(44)33(34,35)36/h11-13,15-16,21-22,24-25,28-29,44H,5-10,14,17-20H2,1-4H3,(H2,37,42)(H,38,46)(H,39,45)(H,40,47)(H,41,43)/t22-,24-,25-,28-,29?/m0/s1. The van der Waals surface area contributed by atoms with Crippen molar-refractivity contribution in [2.24, 2.45) is 11.7 Å². The lowest BCUT2D eigenvalue weighted by Crippen LogP contribution is -2.59. The van der Waals surface area contributed by atoms with Crippen LogP contribution in [-0.4, -0.2) is 71.1 Å². The first-order chi connectivity index (χ1) is 22.1. The number of amides is 5. The van der Waals surface area contributed by atoms with Crippen LogP contribution in [0.25, 0.3) is 0 Å². The quantitative estimate of drug-likeness (QED) is 0.103. The molecule has 11 nitrogen and oxygen atoms in total. The van der Waals surface area contributed by atoms with Gasteiger partial charge in [-0.15, -0.1) is 0 Å². The predicted octanol–water partition coefficient (Wildman–Crippen LogP) is 3.17. The number of carbonyl (C=O) groups excluding carboxylic acids is 5. The van der Waals surface area contributed by atoms with Crippen LogP contribution >= 0.6 is 0 Å². The minimum atomic E-state index is -5.09. The fraction of sp³-hybridized carbons (Fsp3) is 0.667. The van der Waals surface area contributed by atoms with E-state index >= 15 is 0 Å². The number of aliphatic hydroxyl groups excluding tert-OH is 1. The maximum atomic E-state index is 13.4. The van der Waals surface area contributed by atoms with E-state index in [4.69, 9.17) is 5.73 Å². The second-order valence-electron chi connectivity index (χ2n) is 12.2. The number of halogens is 3.